The lowest BCUT2D eigenvalue weighted by atomic mass is 10.0. The molecule has 0 radical (unpaired) electrons. The zero-order valence-electron chi connectivity index (χ0n) is 15.2. The maximum absolute atomic E-state index is 12.6. The molecule has 12 heteroatoms. The first-order valence-electron chi connectivity index (χ1n) is 8.59. The Morgan fingerprint density at radius 1 is 1.48 bits per heavy atom. The van der Waals surface area contributed by atoms with Crippen LogP contribution in [0.3, 0.4) is 0 Å². The molecule has 1 fully saturated rings. The number of hydrogen-bond donors (Lipinski definition) is 2. The predicted octanol–water partition coefficient (Wildman–Crippen LogP) is 1.51. The van der Waals surface area contributed by atoms with Gasteiger partial charge in [0.2, 0.25) is 5.91 Å². The summed E-state index contributed by atoms with van der Waals surface area (Å²) in [7, 11) is 0. The molecule has 4 rings (SSSR count). The van der Waals surface area contributed by atoms with Crippen LogP contribution in [0.4, 0.5) is 0 Å². The number of aryl methyl sites for hydroxylation is 1. The average molecular weight is 453 g/mol. The van der Waals surface area contributed by atoms with Gasteiger partial charge in [-0.05, 0) is 23.9 Å². The molecule has 4 heterocycles. The first kappa shape index (κ1) is 20.0. The van der Waals surface area contributed by atoms with Crippen LogP contribution in [-0.2, 0) is 20.8 Å². The van der Waals surface area contributed by atoms with Gasteiger partial charge < -0.3 is 14.9 Å². The predicted molar refractivity (Wildman–Crippen MR) is 107 cm³/mol. The molecule has 2 aliphatic rings. The van der Waals surface area contributed by atoms with Gasteiger partial charge in [-0.3, -0.25) is 14.5 Å². The highest BCUT2D eigenvalue weighted by atomic mass is 32.2. The van der Waals surface area contributed by atoms with Crippen LogP contribution in [0.1, 0.15) is 10.7 Å². The van der Waals surface area contributed by atoms with Crippen LogP contribution in [0, 0.1) is 6.92 Å². The molecule has 1 saturated heterocycles. The molecule has 2 amide bonds. The second-order valence-corrected chi connectivity index (χ2v) is 9.43. The number of β-lactam (4-membered cyclic amide) rings is 1. The lowest BCUT2D eigenvalue weighted by molar-refractivity contribution is -0.150. The van der Waals surface area contributed by atoms with Crippen LogP contribution >= 0.6 is 34.9 Å². The van der Waals surface area contributed by atoms with Crippen molar-refractivity contribution in [2.45, 2.75) is 30.0 Å². The normalized spacial score (nSPS) is 21.0. The fourth-order valence-corrected chi connectivity index (χ4v) is 6.08. The van der Waals surface area contributed by atoms with Gasteiger partial charge in [-0.15, -0.1) is 23.1 Å². The minimum Gasteiger partial charge on any atom is -0.477 e. The minimum absolute atomic E-state index is 0.0220. The average Bonchev–Trinajstić information content (AvgIpc) is 3.35. The van der Waals surface area contributed by atoms with E-state index >= 15 is 0 Å². The van der Waals surface area contributed by atoms with Gasteiger partial charge >= 0.3 is 5.97 Å². The molecule has 9 nitrogen and oxygen atoms in total. The zero-order chi connectivity index (χ0) is 20.5. The van der Waals surface area contributed by atoms with Crippen LogP contribution < -0.4 is 5.32 Å². The molecule has 2 N–H and O–H groups in total. The molecule has 0 aliphatic carbocycles. The SMILES string of the molecule is Cc1noc(SCC2=C(C(=O)O)N3C(=O)C(NC(=O)Cc4cccs4)[C@H]3SC2)n1. The van der Waals surface area contributed by atoms with Crippen molar-refractivity contribution in [2.75, 3.05) is 11.5 Å². The number of aromatic nitrogens is 2. The summed E-state index contributed by atoms with van der Waals surface area (Å²) in [6, 6.07) is 3.00. The number of hydrogen-bond acceptors (Lipinski definition) is 9. The number of nitrogens with zero attached hydrogens (tertiary/aromatic N) is 3. The number of carbonyl (C=O) groups is 3. The number of nitrogens with one attached hydrogen (secondary N) is 1. The van der Waals surface area contributed by atoms with Crippen molar-refractivity contribution in [2.24, 2.45) is 0 Å². The Balaban J connectivity index is 1.44. The van der Waals surface area contributed by atoms with E-state index in [-0.39, 0.29) is 18.0 Å². The standard InChI is InChI=1S/C17H16N4O5S3/c1-8-18-17(26-20-8)29-7-9-6-28-15-12(14(23)21(15)13(9)16(24)25)19-11(22)5-10-3-2-4-27-10/h2-4,12,15H,5-7H2,1H3,(H,19,22)(H,24,25)/t12?,15-/m1/s1. The number of fused-ring (bicyclic) bond motifs is 1. The number of amides is 2. The second-order valence-electron chi connectivity index (χ2n) is 6.36. The van der Waals surface area contributed by atoms with Crippen molar-refractivity contribution in [3.63, 3.8) is 0 Å². The number of thiophene rings is 1. The van der Waals surface area contributed by atoms with Gasteiger partial charge in [-0.25, -0.2) is 4.79 Å². The van der Waals surface area contributed by atoms with E-state index in [2.05, 4.69) is 15.5 Å². The minimum atomic E-state index is -1.16. The highest BCUT2D eigenvalue weighted by Gasteiger charge is 2.54. The Morgan fingerprint density at radius 3 is 2.97 bits per heavy atom. The summed E-state index contributed by atoms with van der Waals surface area (Å²) in [6.07, 6.45) is 0.200. The molecule has 2 aromatic rings. The molecule has 0 saturated carbocycles. The zero-order valence-corrected chi connectivity index (χ0v) is 17.6. The summed E-state index contributed by atoms with van der Waals surface area (Å²) in [5.74, 6) is -0.563. The monoisotopic (exact) mass is 452 g/mol. The second kappa shape index (κ2) is 8.20. The molecule has 0 bridgehead atoms. The van der Waals surface area contributed by atoms with Crippen LogP contribution in [0.2, 0.25) is 0 Å². The van der Waals surface area contributed by atoms with Gasteiger partial charge in [0.1, 0.15) is 17.1 Å². The van der Waals surface area contributed by atoms with Crippen molar-refractivity contribution in [3.05, 3.63) is 39.5 Å². The highest BCUT2D eigenvalue weighted by molar-refractivity contribution is 8.01. The van der Waals surface area contributed by atoms with E-state index in [9.17, 15) is 19.5 Å². The summed E-state index contributed by atoms with van der Waals surface area (Å²) in [5, 5.41) is 17.9. The van der Waals surface area contributed by atoms with E-state index < -0.39 is 23.3 Å². The molecule has 1 unspecified atom stereocenters. The number of thioether (sulfide) groups is 2. The summed E-state index contributed by atoms with van der Waals surface area (Å²) >= 11 is 4.14. The lowest BCUT2D eigenvalue weighted by Gasteiger charge is -2.49. The third kappa shape index (κ3) is 4.05. The largest absolute Gasteiger partial charge is 0.477 e. The molecule has 29 heavy (non-hydrogen) atoms. The molecular weight excluding hydrogens is 436 g/mol. The summed E-state index contributed by atoms with van der Waals surface area (Å²) in [4.78, 5) is 43.0. The van der Waals surface area contributed by atoms with Gasteiger partial charge in [0.15, 0.2) is 5.82 Å². The van der Waals surface area contributed by atoms with Crippen LogP contribution in [0.5, 0.6) is 0 Å². The lowest BCUT2D eigenvalue weighted by Crippen LogP contribution is -2.70. The number of carboxylic acid groups (broad SMARTS) is 1. The van der Waals surface area contributed by atoms with E-state index in [4.69, 9.17) is 4.52 Å². The summed E-state index contributed by atoms with van der Waals surface area (Å²) in [5.41, 5.74) is 0.586. The van der Waals surface area contributed by atoms with Crippen LogP contribution in [0.15, 0.2) is 38.5 Å². The number of aliphatic carboxylic acids is 1. The maximum atomic E-state index is 12.6. The van der Waals surface area contributed by atoms with Gasteiger partial charge in [-0.2, -0.15) is 4.98 Å². The van der Waals surface area contributed by atoms with E-state index in [1.54, 1.807) is 6.92 Å². The van der Waals surface area contributed by atoms with Crippen molar-refractivity contribution in [3.8, 4) is 0 Å². The smallest absolute Gasteiger partial charge is 0.352 e. The molecule has 0 spiro atoms. The van der Waals surface area contributed by atoms with E-state index in [0.717, 1.165) is 4.88 Å². The summed E-state index contributed by atoms with van der Waals surface area (Å²) in [6.45, 7) is 1.70. The maximum Gasteiger partial charge on any atom is 0.352 e. The fraction of sp³-hybridized carbons (Fsp3) is 0.353. The van der Waals surface area contributed by atoms with Crippen molar-refractivity contribution in [1.82, 2.24) is 20.4 Å². The van der Waals surface area contributed by atoms with Gasteiger partial charge in [0.25, 0.3) is 11.1 Å². The quantitative estimate of drug-likeness (QED) is 0.475. The van der Waals surface area contributed by atoms with E-state index in [1.807, 2.05) is 17.5 Å². The Morgan fingerprint density at radius 2 is 2.31 bits per heavy atom. The van der Waals surface area contributed by atoms with E-state index in [0.29, 0.717) is 28.1 Å². The Kier molecular flexibility index (Phi) is 5.65. The van der Waals surface area contributed by atoms with Crippen molar-refractivity contribution >= 4 is 52.6 Å². The third-order valence-corrected chi connectivity index (χ3v) is 7.48. The first-order chi connectivity index (χ1) is 13.9. The van der Waals surface area contributed by atoms with E-state index in [1.165, 1.54) is 39.8 Å². The Labute approximate surface area is 177 Å². The molecular formula is C17H16N4O5S3. The molecule has 2 atom stereocenters. The Bertz CT molecular complexity index is 987. The van der Waals surface area contributed by atoms with Crippen molar-refractivity contribution < 1.29 is 24.0 Å². The van der Waals surface area contributed by atoms with Gasteiger partial charge in [0.05, 0.1) is 6.42 Å². The van der Waals surface area contributed by atoms with Crippen molar-refractivity contribution in [1.29, 1.82) is 0 Å². The fourth-order valence-electron chi connectivity index (χ4n) is 3.08. The number of carbonyl (C=O) groups excluding carboxylic acids is 2. The molecule has 2 aromatic heterocycles. The van der Waals surface area contributed by atoms with Gasteiger partial charge in [0, 0.05) is 16.4 Å². The van der Waals surface area contributed by atoms with Crippen LogP contribution in [0.25, 0.3) is 0 Å². The number of carboxylic acids is 1. The number of rotatable bonds is 7. The topological polar surface area (TPSA) is 126 Å². The van der Waals surface area contributed by atoms with Gasteiger partial charge in [-0.1, -0.05) is 23.0 Å². The molecule has 0 aromatic carbocycles. The Hall–Kier alpha value is -2.31. The third-order valence-electron chi connectivity index (χ3n) is 4.36. The molecule has 152 valence electrons. The summed E-state index contributed by atoms with van der Waals surface area (Å²) < 4.78 is 5.04. The first-order valence-corrected chi connectivity index (χ1v) is 11.5. The molecule has 2 aliphatic heterocycles. The highest BCUT2D eigenvalue weighted by Crippen LogP contribution is 2.41. The van der Waals surface area contributed by atoms with Crippen LogP contribution in [-0.4, -0.2) is 60.9 Å².